The Morgan fingerprint density at radius 2 is 1.88 bits per heavy atom. The van der Waals surface area contributed by atoms with Crippen molar-refractivity contribution in [3.05, 3.63) is 83.3 Å². The van der Waals surface area contributed by atoms with Crippen LogP contribution in [0.2, 0.25) is 0 Å². The highest BCUT2D eigenvalue weighted by Crippen LogP contribution is 2.21. The molecule has 1 amide bonds. The van der Waals surface area contributed by atoms with E-state index in [4.69, 9.17) is 9.68 Å². The summed E-state index contributed by atoms with van der Waals surface area (Å²) in [7, 11) is -3.81. The van der Waals surface area contributed by atoms with E-state index in [1.54, 1.807) is 42.2 Å². The average Bonchev–Trinajstić information content (AvgIpc) is 3.25. The number of hydrogen-bond acceptors (Lipinski definition) is 6. The molecule has 1 N–H and O–H groups in total. The fraction of sp³-hybridized carbons (Fsp3) is 0.280. The standard InChI is InChI=1S/C25H26N4O4S/c1-19-5-10-23(34(31,32)27-18-22-4-2-15-33-22)16-24(19)25(30)29-12-3-11-28(13-14-29)21-8-6-20(17-26)7-9-21/h2,4-10,15-16,27H,3,11-14,18H2,1H3. The molecule has 0 aliphatic carbocycles. The van der Waals surface area contributed by atoms with Crippen LogP contribution in [0.15, 0.2) is 70.2 Å². The maximum atomic E-state index is 13.4. The number of carbonyl (C=O) groups is 1. The zero-order valence-electron chi connectivity index (χ0n) is 18.9. The highest BCUT2D eigenvalue weighted by molar-refractivity contribution is 7.89. The molecule has 4 rings (SSSR count). The van der Waals surface area contributed by atoms with E-state index in [9.17, 15) is 13.2 Å². The summed E-state index contributed by atoms with van der Waals surface area (Å²) >= 11 is 0. The summed E-state index contributed by atoms with van der Waals surface area (Å²) in [6.07, 6.45) is 2.27. The van der Waals surface area contributed by atoms with E-state index in [1.165, 1.54) is 18.4 Å². The summed E-state index contributed by atoms with van der Waals surface area (Å²) in [6.45, 7) is 4.38. The molecule has 0 unspecified atom stereocenters. The molecule has 2 aromatic carbocycles. The summed E-state index contributed by atoms with van der Waals surface area (Å²) in [4.78, 5) is 17.4. The van der Waals surface area contributed by atoms with Gasteiger partial charge in [-0.25, -0.2) is 13.1 Å². The van der Waals surface area contributed by atoms with Crippen molar-refractivity contribution in [3.63, 3.8) is 0 Å². The Morgan fingerprint density at radius 1 is 1.09 bits per heavy atom. The number of benzene rings is 2. The minimum Gasteiger partial charge on any atom is -0.468 e. The van der Waals surface area contributed by atoms with E-state index in [0.717, 1.165) is 24.2 Å². The molecule has 0 saturated carbocycles. The van der Waals surface area contributed by atoms with Gasteiger partial charge >= 0.3 is 0 Å². The van der Waals surface area contributed by atoms with Crippen molar-refractivity contribution >= 4 is 21.6 Å². The molecular formula is C25H26N4O4S. The third-order valence-electron chi connectivity index (χ3n) is 5.91. The summed E-state index contributed by atoms with van der Waals surface area (Å²) in [5.41, 5.74) is 2.73. The van der Waals surface area contributed by atoms with Crippen molar-refractivity contribution in [2.24, 2.45) is 0 Å². The van der Waals surface area contributed by atoms with E-state index in [2.05, 4.69) is 15.7 Å². The maximum absolute atomic E-state index is 13.4. The number of anilines is 1. The second-order valence-electron chi connectivity index (χ2n) is 8.17. The fourth-order valence-corrected chi connectivity index (χ4v) is 4.98. The zero-order valence-corrected chi connectivity index (χ0v) is 19.7. The van der Waals surface area contributed by atoms with Crippen LogP contribution in [0.5, 0.6) is 0 Å². The monoisotopic (exact) mass is 478 g/mol. The lowest BCUT2D eigenvalue weighted by Gasteiger charge is -2.24. The molecule has 1 aromatic heterocycles. The van der Waals surface area contributed by atoms with E-state index in [-0.39, 0.29) is 17.3 Å². The third kappa shape index (κ3) is 5.30. The van der Waals surface area contributed by atoms with Crippen molar-refractivity contribution in [1.82, 2.24) is 9.62 Å². The first-order valence-electron chi connectivity index (χ1n) is 11.0. The van der Waals surface area contributed by atoms with Gasteiger partial charge in [-0.05, 0) is 67.4 Å². The Hall–Kier alpha value is -3.61. The number of rotatable bonds is 6. The molecule has 0 spiro atoms. The van der Waals surface area contributed by atoms with Crippen LogP contribution in [0.1, 0.15) is 33.7 Å². The summed E-state index contributed by atoms with van der Waals surface area (Å²) in [6, 6.07) is 17.5. The number of sulfonamides is 1. The normalized spacial score (nSPS) is 14.5. The van der Waals surface area contributed by atoms with Crippen LogP contribution in [0.3, 0.4) is 0 Å². The van der Waals surface area contributed by atoms with Gasteiger partial charge in [-0.2, -0.15) is 5.26 Å². The average molecular weight is 479 g/mol. The van der Waals surface area contributed by atoms with Crippen molar-refractivity contribution in [2.45, 2.75) is 24.8 Å². The first-order valence-corrected chi connectivity index (χ1v) is 12.5. The van der Waals surface area contributed by atoms with Gasteiger partial charge in [0.2, 0.25) is 10.0 Å². The molecule has 0 radical (unpaired) electrons. The van der Waals surface area contributed by atoms with E-state index >= 15 is 0 Å². The molecule has 1 aliphatic heterocycles. The van der Waals surface area contributed by atoms with Gasteiger partial charge in [0.05, 0.1) is 29.3 Å². The van der Waals surface area contributed by atoms with Gasteiger partial charge in [0.25, 0.3) is 5.91 Å². The number of carbonyl (C=O) groups excluding carboxylic acids is 1. The predicted octanol–water partition coefficient (Wildman–Crippen LogP) is 3.29. The van der Waals surface area contributed by atoms with Crippen molar-refractivity contribution in [2.75, 3.05) is 31.1 Å². The van der Waals surface area contributed by atoms with Crippen molar-refractivity contribution in [1.29, 1.82) is 5.26 Å². The SMILES string of the molecule is Cc1ccc(S(=O)(=O)NCc2ccco2)cc1C(=O)N1CCCN(c2ccc(C#N)cc2)CC1. The number of hydrogen-bond donors (Lipinski definition) is 1. The van der Waals surface area contributed by atoms with Crippen LogP contribution < -0.4 is 9.62 Å². The molecule has 1 fully saturated rings. The predicted molar refractivity (Wildman–Crippen MR) is 128 cm³/mol. The van der Waals surface area contributed by atoms with Crippen molar-refractivity contribution in [3.8, 4) is 6.07 Å². The maximum Gasteiger partial charge on any atom is 0.254 e. The number of aryl methyl sites for hydroxylation is 1. The molecule has 3 aromatic rings. The summed E-state index contributed by atoms with van der Waals surface area (Å²) in [5, 5.41) is 9.00. The fourth-order valence-electron chi connectivity index (χ4n) is 3.96. The Balaban J connectivity index is 1.47. The van der Waals surface area contributed by atoms with Gasteiger partial charge in [-0.1, -0.05) is 6.07 Å². The molecule has 1 saturated heterocycles. The highest BCUT2D eigenvalue weighted by atomic mass is 32.2. The molecule has 8 nitrogen and oxygen atoms in total. The number of furan rings is 1. The van der Waals surface area contributed by atoms with E-state index in [1.807, 2.05) is 12.1 Å². The smallest absolute Gasteiger partial charge is 0.254 e. The van der Waals surface area contributed by atoms with Gasteiger partial charge in [-0.3, -0.25) is 4.79 Å². The van der Waals surface area contributed by atoms with Gasteiger partial charge in [0.15, 0.2) is 0 Å². The van der Waals surface area contributed by atoms with Crippen LogP contribution in [0, 0.1) is 18.3 Å². The molecular weight excluding hydrogens is 452 g/mol. The van der Waals surface area contributed by atoms with Crippen LogP contribution in [0.4, 0.5) is 5.69 Å². The van der Waals surface area contributed by atoms with E-state index in [0.29, 0.717) is 36.5 Å². The second-order valence-corrected chi connectivity index (χ2v) is 9.94. The Kier molecular flexibility index (Phi) is 7.01. The lowest BCUT2D eigenvalue weighted by Crippen LogP contribution is -2.35. The number of amides is 1. The van der Waals surface area contributed by atoms with Gasteiger partial charge < -0.3 is 14.2 Å². The highest BCUT2D eigenvalue weighted by Gasteiger charge is 2.24. The Morgan fingerprint density at radius 3 is 2.59 bits per heavy atom. The molecule has 176 valence electrons. The third-order valence-corrected chi connectivity index (χ3v) is 7.31. The largest absolute Gasteiger partial charge is 0.468 e. The first kappa shape index (κ1) is 23.5. The molecule has 0 bridgehead atoms. The minimum absolute atomic E-state index is 0.0315. The molecule has 2 heterocycles. The van der Waals surface area contributed by atoms with Gasteiger partial charge in [0.1, 0.15) is 5.76 Å². The summed E-state index contributed by atoms with van der Waals surface area (Å²) in [5.74, 6) is 0.325. The van der Waals surface area contributed by atoms with Crippen LogP contribution in [0.25, 0.3) is 0 Å². The van der Waals surface area contributed by atoms with Gasteiger partial charge in [0, 0.05) is 37.4 Å². The quantitative estimate of drug-likeness (QED) is 0.583. The Bertz CT molecular complexity index is 1300. The molecule has 1 aliphatic rings. The zero-order chi connectivity index (χ0) is 24.1. The number of nitriles is 1. The van der Waals surface area contributed by atoms with Crippen molar-refractivity contribution < 1.29 is 17.6 Å². The number of nitrogens with one attached hydrogen (secondary N) is 1. The molecule has 0 atom stereocenters. The first-order chi connectivity index (χ1) is 16.4. The van der Waals surface area contributed by atoms with E-state index < -0.39 is 10.0 Å². The minimum atomic E-state index is -3.81. The van der Waals surface area contributed by atoms with Crippen LogP contribution in [-0.2, 0) is 16.6 Å². The van der Waals surface area contributed by atoms with Gasteiger partial charge in [-0.15, -0.1) is 0 Å². The lowest BCUT2D eigenvalue weighted by atomic mass is 10.1. The molecule has 9 heteroatoms. The summed E-state index contributed by atoms with van der Waals surface area (Å²) < 4.78 is 33.3. The lowest BCUT2D eigenvalue weighted by molar-refractivity contribution is 0.0766. The number of nitrogens with zero attached hydrogens (tertiary/aromatic N) is 3. The van der Waals surface area contributed by atoms with Crippen LogP contribution >= 0.6 is 0 Å². The Labute approximate surface area is 199 Å². The van der Waals surface area contributed by atoms with Crippen LogP contribution in [-0.4, -0.2) is 45.4 Å². The topological polar surface area (TPSA) is 107 Å². The molecule has 34 heavy (non-hydrogen) atoms. The second kappa shape index (κ2) is 10.1.